The Morgan fingerprint density at radius 1 is 1.33 bits per heavy atom. The van der Waals surface area contributed by atoms with E-state index in [1.807, 2.05) is 17.8 Å². The Hall–Kier alpha value is -1.35. The second-order valence-electron chi connectivity index (χ2n) is 4.65. The molecule has 0 aliphatic rings. The number of hydrogen-bond acceptors (Lipinski definition) is 2. The van der Waals surface area contributed by atoms with Gasteiger partial charge in [0.15, 0.2) is 0 Å². The van der Waals surface area contributed by atoms with Gasteiger partial charge in [-0.3, -0.25) is 0 Å². The summed E-state index contributed by atoms with van der Waals surface area (Å²) in [5.74, 6) is 0. The Kier molecular flexibility index (Phi) is 4.02. The molecular formula is C14H18ClN3. The molecule has 0 N–H and O–H groups in total. The van der Waals surface area contributed by atoms with Crippen LogP contribution in [-0.4, -0.2) is 15.0 Å². The van der Waals surface area contributed by atoms with Crippen LogP contribution in [0.4, 0.5) is 0 Å². The van der Waals surface area contributed by atoms with E-state index in [0.29, 0.717) is 0 Å². The minimum absolute atomic E-state index is 0.0441. The molecule has 0 radical (unpaired) electrons. The van der Waals surface area contributed by atoms with E-state index in [4.69, 9.17) is 11.6 Å². The van der Waals surface area contributed by atoms with E-state index in [9.17, 15) is 0 Å². The lowest BCUT2D eigenvalue weighted by Crippen LogP contribution is -2.02. The molecule has 4 heteroatoms. The molecule has 0 saturated heterocycles. The van der Waals surface area contributed by atoms with E-state index in [2.05, 4.69) is 42.4 Å². The number of alkyl halides is 1. The standard InChI is InChI=1S/C14H18ClN3/c1-4-13(15)14-9-18(17-16-14)8-12-7-10(2)5-6-11(12)3/h5-7,9,13H,4,8H2,1-3H3. The lowest BCUT2D eigenvalue weighted by Gasteiger charge is -2.06. The van der Waals surface area contributed by atoms with Gasteiger partial charge in [-0.1, -0.05) is 35.9 Å². The Bertz CT molecular complexity index is 534. The van der Waals surface area contributed by atoms with Crippen molar-refractivity contribution in [1.82, 2.24) is 15.0 Å². The maximum Gasteiger partial charge on any atom is 0.101 e. The molecule has 1 heterocycles. The van der Waals surface area contributed by atoms with Crippen LogP contribution in [0.15, 0.2) is 24.4 Å². The number of nitrogens with zero attached hydrogens (tertiary/aromatic N) is 3. The summed E-state index contributed by atoms with van der Waals surface area (Å²) >= 11 is 6.15. The third-order valence-corrected chi connectivity index (χ3v) is 3.60. The van der Waals surface area contributed by atoms with Crippen LogP contribution in [0.3, 0.4) is 0 Å². The van der Waals surface area contributed by atoms with E-state index in [1.54, 1.807) is 0 Å². The Balaban J connectivity index is 2.18. The summed E-state index contributed by atoms with van der Waals surface area (Å²) in [7, 11) is 0. The first-order chi connectivity index (χ1) is 8.60. The number of rotatable bonds is 4. The monoisotopic (exact) mass is 263 g/mol. The van der Waals surface area contributed by atoms with Crippen LogP contribution in [-0.2, 0) is 6.54 Å². The van der Waals surface area contributed by atoms with Gasteiger partial charge in [-0.25, -0.2) is 4.68 Å². The Morgan fingerprint density at radius 3 is 2.83 bits per heavy atom. The van der Waals surface area contributed by atoms with Crippen LogP contribution >= 0.6 is 11.6 Å². The Labute approximate surface area is 113 Å². The zero-order chi connectivity index (χ0) is 13.1. The number of aromatic nitrogens is 3. The number of halogens is 1. The van der Waals surface area contributed by atoms with Crippen LogP contribution in [0.2, 0.25) is 0 Å². The van der Waals surface area contributed by atoms with E-state index >= 15 is 0 Å². The molecule has 0 aliphatic carbocycles. The van der Waals surface area contributed by atoms with Gasteiger partial charge < -0.3 is 0 Å². The molecule has 0 fully saturated rings. The van der Waals surface area contributed by atoms with Crippen molar-refractivity contribution >= 4 is 11.6 Å². The molecule has 1 unspecified atom stereocenters. The maximum absolute atomic E-state index is 6.15. The molecule has 2 aromatic rings. The van der Waals surface area contributed by atoms with Gasteiger partial charge in [0.05, 0.1) is 18.1 Å². The van der Waals surface area contributed by atoms with E-state index in [-0.39, 0.29) is 5.38 Å². The van der Waals surface area contributed by atoms with Crippen molar-refractivity contribution in [1.29, 1.82) is 0 Å². The molecule has 0 saturated carbocycles. The Morgan fingerprint density at radius 2 is 2.11 bits per heavy atom. The second-order valence-corrected chi connectivity index (χ2v) is 5.17. The molecule has 0 amide bonds. The average molecular weight is 264 g/mol. The molecule has 2 rings (SSSR count). The molecule has 1 aromatic carbocycles. The highest BCUT2D eigenvalue weighted by atomic mass is 35.5. The van der Waals surface area contributed by atoms with Crippen LogP contribution < -0.4 is 0 Å². The highest BCUT2D eigenvalue weighted by molar-refractivity contribution is 6.20. The molecule has 1 aromatic heterocycles. The van der Waals surface area contributed by atoms with Crippen LogP contribution in [0.25, 0.3) is 0 Å². The van der Waals surface area contributed by atoms with E-state index in [1.165, 1.54) is 16.7 Å². The molecule has 0 spiro atoms. The summed E-state index contributed by atoms with van der Waals surface area (Å²) in [5, 5.41) is 8.21. The third-order valence-electron chi connectivity index (χ3n) is 3.07. The molecule has 3 nitrogen and oxygen atoms in total. The summed E-state index contributed by atoms with van der Waals surface area (Å²) in [4.78, 5) is 0. The normalized spacial score (nSPS) is 12.7. The minimum Gasteiger partial charge on any atom is -0.248 e. The zero-order valence-electron chi connectivity index (χ0n) is 11.0. The lowest BCUT2D eigenvalue weighted by molar-refractivity contribution is 0.646. The maximum atomic E-state index is 6.15. The molecule has 18 heavy (non-hydrogen) atoms. The molecular weight excluding hydrogens is 246 g/mol. The molecule has 96 valence electrons. The van der Waals surface area contributed by atoms with E-state index in [0.717, 1.165) is 18.7 Å². The molecule has 1 atom stereocenters. The van der Waals surface area contributed by atoms with Gasteiger partial charge in [0.1, 0.15) is 5.69 Å². The third kappa shape index (κ3) is 2.91. The topological polar surface area (TPSA) is 30.7 Å². The zero-order valence-corrected chi connectivity index (χ0v) is 11.8. The summed E-state index contributed by atoms with van der Waals surface area (Å²) < 4.78 is 1.85. The average Bonchev–Trinajstić information content (AvgIpc) is 2.81. The highest BCUT2D eigenvalue weighted by Gasteiger charge is 2.10. The van der Waals surface area contributed by atoms with Gasteiger partial charge in [-0.15, -0.1) is 16.7 Å². The van der Waals surface area contributed by atoms with Gasteiger partial charge in [0.25, 0.3) is 0 Å². The summed E-state index contributed by atoms with van der Waals surface area (Å²) in [6, 6.07) is 6.45. The van der Waals surface area contributed by atoms with Crippen molar-refractivity contribution in [3.8, 4) is 0 Å². The first kappa shape index (κ1) is 13.1. The van der Waals surface area contributed by atoms with Gasteiger partial charge in [-0.05, 0) is 31.4 Å². The highest BCUT2D eigenvalue weighted by Crippen LogP contribution is 2.21. The first-order valence-electron chi connectivity index (χ1n) is 6.20. The number of hydrogen-bond donors (Lipinski definition) is 0. The predicted octanol–water partition coefficient (Wildman–Crippen LogP) is 3.63. The minimum atomic E-state index is -0.0441. The predicted molar refractivity (Wildman–Crippen MR) is 73.9 cm³/mol. The van der Waals surface area contributed by atoms with E-state index < -0.39 is 0 Å². The van der Waals surface area contributed by atoms with Crippen molar-refractivity contribution in [2.45, 2.75) is 39.1 Å². The largest absolute Gasteiger partial charge is 0.248 e. The van der Waals surface area contributed by atoms with Gasteiger partial charge in [0.2, 0.25) is 0 Å². The van der Waals surface area contributed by atoms with Gasteiger partial charge >= 0.3 is 0 Å². The van der Waals surface area contributed by atoms with Gasteiger partial charge in [0, 0.05) is 0 Å². The van der Waals surface area contributed by atoms with Crippen LogP contribution in [0.5, 0.6) is 0 Å². The summed E-state index contributed by atoms with van der Waals surface area (Å²) in [6.45, 7) is 7.00. The molecule has 0 aliphatic heterocycles. The fourth-order valence-corrected chi connectivity index (χ4v) is 1.99. The number of aryl methyl sites for hydroxylation is 2. The fourth-order valence-electron chi connectivity index (χ4n) is 1.89. The smallest absolute Gasteiger partial charge is 0.101 e. The summed E-state index contributed by atoms with van der Waals surface area (Å²) in [6.07, 6.45) is 2.80. The van der Waals surface area contributed by atoms with Crippen molar-refractivity contribution in [2.24, 2.45) is 0 Å². The first-order valence-corrected chi connectivity index (χ1v) is 6.64. The quantitative estimate of drug-likeness (QED) is 0.789. The van der Waals surface area contributed by atoms with Crippen molar-refractivity contribution in [3.63, 3.8) is 0 Å². The SMILES string of the molecule is CCC(Cl)c1cn(Cc2cc(C)ccc2C)nn1. The van der Waals surface area contributed by atoms with Crippen LogP contribution in [0, 0.1) is 13.8 Å². The van der Waals surface area contributed by atoms with Crippen molar-refractivity contribution in [2.75, 3.05) is 0 Å². The summed E-state index contributed by atoms with van der Waals surface area (Å²) in [5.41, 5.74) is 4.66. The number of benzene rings is 1. The van der Waals surface area contributed by atoms with Crippen molar-refractivity contribution < 1.29 is 0 Å². The second kappa shape index (κ2) is 5.53. The van der Waals surface area contributed by atoms with Crippen molar-refractivity contribution in [3.05, 3.63) is 46.8 Å². The lowest BCUT2D eigenvalue weighted by atomic mass is 10.1. The fraction of sp³-hybridized carbons (Fsp3) is 0.429. The van der Waals surface area contributed by atoms with Crippen LogP contribution in [0.1, 0.15) is 41.1 Å². The van der Waals surface area contributed by atoms with Gasteiger partial charge in [-0.2, -0.15) is 0 Å². The molecule has 0 bridgehead atoms.